The second-order valence-electron chi connectivity index (χ2n) is 5.94. The molecule has 0 atom stereocenters. The molecule has 0 fully saturated rings. The minimum Gasteiger partial charge on any atom is -0.508 e. The standard InChI is InChI=1S/C18H15N2.C6H6O.Pt/c1-14-15(17-10-3-5-12-19-17)8-7-9-16(14)18-11-4-6-13-20(18)2;7-6-4-2-1-3-5-6;/h3-13H,1-2H2;1-5,7H;/q-1;;+2. The normalized spacial score (nSPS) is 9.57. The first-order valence-electron chi connectivity index (χ1n) is 8.59. The van der Waals surface area contributed by atoms with Gasteiger partial charge in [0.1, 0.15) is 5.75 Å². The molecule has 0 amide bonds. The van der Waals surface area contributed by atoms with Crippen LogP contribution in [0.2, 0.25) is 0 Å². The number of hydrogen-bond acceptors (Lipinski definition) is 2. The van der Waals surface area contributed by atoms with E-state index in [4.69, 9.17) is 5.11 Å². The van der Waals surface area contributed by atoms with E-state index in [1.165, 1.54) is 0 Å². The van der Waals surface area contributed by atoms with Gasteiger partial charge in [-0.25, -0.2) is 0 Å². The number of phenolic OH excluding ortho intramolecular Hbond substituents is 1. The van der Waals surface area contributed by atoms with Crippen molar-refractivity contribution in [1.29, 1.82) is 0 Å². The van der Waals surface area contributed by atoms with E-state index in [2.05, 4.69) is 25.0 Å². The molecule has 4 rings (SSSR count). The average Bonchev–Trinajstić information content (AvgIpc) is 2.71. The molecule has 0 spiro atoms. The van der Waals surface area contributed by atoms with Crippen LogP contribution in [-0.2, 0) is 21.1 Å². The van der Waals surface area contributed by atoms with Crippen LogP contribution in [0.5, 0.6) is 5.75 Å². The average molecular weight is 549 g/mol. The predicted octanol–water partition coefficient (Wildman–Crippen LogP) is 4.91. The van der Waals surface area contributed by atoms with E-state index in [0.717, 1.165) is 28.1 Å². The molecule has 4 heteroatoms. The van der Waals surface area contributed by atoms with E-state index in [-0.39, 0.29) is 21.1 Å². The number of para-hydroxylation sites is 1. The van der Waals surface area contributed by atoms with Gasteiger partial charge in [-0.15, -0.1) is 23.3 Å². The molecule has 3 nitrogen and oxygen atoms in total. The summed E-state index contributed by atoms with van der Waals surface area (Å²) in [5.41, 5.74) is 5.06. The molecular formula is C24H21N2OPt+. The summed E-state index contributed by atoms with van der Waals surface area (Å²) in [7, 11) is 4.01. The van der Waals surface area contributed by atoms with Crippen LogP contribution in [0.3, 0.4) is 0 Å². The topological polar surface area (TPSA) is 37.0 Å². The molecule has 0 unspecified atom stereocenters. The Morgan fingerprint density at radius 2 is 1.43 bits per heavy atom. The molecule has 2 aromatic carbocycles. The van der Waals surface area contributed by atoms with Gasteiger partial charge in [0.25, 0.3) is 0 Å². The van der Waals surface area contributed by atoms with Crippen molar-refractivity contribution in [2.75, 3.05) is 0 Å². The molecule has 2 heterocycles. The molecule has 0 aliphatic heterocycles. The Bertz CT molecular complexity index is 1010. The zero-order valence-electron chi connectivity index (χ0n) is 15.3. The summed E-state index contributed by atoms with van der Waals surface area (Å²) < 4.78 is 1.85. The zero-order valence-corrected chi connectivity index (χ0v) is 17.6. The van der Waals surface area contributed by atoms with Gasteiger partial charge >= 0.3 is 21.1 Å². The van der Waals surface area contributed by atoms with Gasteiger partial charge in [-0.3, -0.25) is 4.98 Å². The molecule has 2 aromatic heterocycles. The van der Waals surface area contributed by atoms with E-state index in [9.17, 15) is 0 Å². The van der Waals surface area contributed by atoms with Crippen LogP contribution >= 0.6 is 0 Å². The van der Waals surface area contributed by atoms with E-state index in [0.29, 0.717) is 5.75 Å². The molecule has 0 aliphatic rings. The predicted molar refractivity (Wildman–Crippen MR) is 109 cm³/mol. The molecule has 142 valence electrons. The van der Waals surface area contributed by atoms with Gasteiger partial charge in [0.15, 0.2) is 0 Å². The molecule has 0 bridgehead atoms. The van der Waals surface area contributed by atoms with Gasteiger partial charge in [-0.05, 0) is 24.3 Å². The number of pyridine rings is 2. The summed E-state index contributed by atoms with van der Waals surface area (Å²) in [6.45, 7) is 4.23. The Labute approximate surface area is 180 Å². The summed E-state index contributed by atoms with van der Waals surface area (Å²) >= 11 is 0. The van der Waals surface area contributed by atoms with Gasteiger partial charge in [-0.2, -0.15) is 12.5 Å². The fourth-order valence-corrected chi connectivity index (χ4v) is 2.74. The maximum atomic E-state index is 8.63. The summed E-state index contributed by atoms with van der Waals surface area (Å²) in [5.74, 6) is 0.322. The van der Waals surface area contributed by atoms with E-state index in [1.807, 2.05) is 65.4 Å². The Hall–Kier alpha value is -3.03. The van der Waals surface area contributed by atoms with E-state index in [1.54, 1.807) is 30.5 Å². The number of aromatic nitrogens is 2. The fraction of sp³-hybridized carbons (Fsp3) is 0. The molecule has 0 saturated carbocycles. The first-order valence-corrected chi connectivity index (χ1v) is 8.59. The molecule has 4 aromatic rings. The van der Waals surface area contributed by atoms with Crippen LogP contribution in [0.25, 0.3) is 22.5 Å². The van der Waals surface area contributed by atoms with Crippen molar-refractivity contribution in [2.45, 2.75) is 0 Å². The van der Waals surface area contributed by atoms with Gasteiger partial charge < -0.3 is 9.67 Å². The number of rotatable bonds is 2. The van der Waals surface area contributed by atoms with Crippen LogP contribution in [0.1, 0.15) is 5.56 Å². The summed E-state index contributed by atoms with van der Waals surface area (Å²) in [5, 5.41) is 8.63. The van der Waals surface area contributed by atoms with Crippen molar-refractivity contribution in [3.8, 4) is 28.3 Å². The SMILES string of the molecule is Oc1ccccc1.[CH2-]c1c(-c2ccccn2)cccc1-c1cccc[n+]1[CH2-].[Pt+2]. The van der Waals surface area contributed by atoms with Crippen molar-refractivity contribution in [3.63, 3.8) is 0 Å². The van der Waals surface area contributed by atoms with Gasteiger partial charge in [-0.1, -0.05) is 48.5 Å². The monoisotopic (exact) mass is 548 g/mol. The number of benzene rings is 2. The molecule has 28 heavy (non-hydrogen) atoms. The molecule has 0 aliphatic carbocycles. The maximum Gasteiger partial charge on any atom is 2.00 e. The largest absolute Gasteiger partial charge is 2.00 e. The minimum absolute atomic E-state index is 0. The van der Waals surface area contributed by atoms with Gasteiger partial charge in [0.05, 0.1) is 11.9 Å². The van der Waals surface area contributed by atoms with Crippen molar-refractivity contribution in [2.24, 2.45) is 0 Å². The molecular weight excluding hydrogens is 527 g/mol. The van der Waals surface area contributed by atoms with Crippen LogP contribution in [0.4, 0.5) is 0 Å². The van der Waals surface area contributed by atoms with E-state index < -0.39 is 0 Å². The summed E-state index contributed by atoms with van der Waals surface area (Å²) in [4.78, 5) is 4.40. The quantitative estimate of drug-likeness (QED) is 0.286. The third-order valence-corrected chi connectivity index (χ3v) is 4.09. The Kier molecular flexibility index (Phi) is 7.86. The fourth-order valence-electron chi connectivity index (χ4n) is 2.74. The zero-order chi connectivity index (χ0) is 19.1. The van der Waals surface area contributed by atoms with Crippen molar-refractivity contribution < 1.29 is 30.7 Å². The molecule has 1 N–H and O–H groups in total. The molecule has 0 saturated heterocycles. The van der Waals surface area contributed by atoms with Crippen molar-refractivity contribution in [1.82, 2.24) is 4.98 Å². The number of hydrogen-bond donors (Lipinski definition) is 1. The summed E-state index contributed by atoms with van der Waals surface area (Å²) in [6, 6.07) is 26.7. The number of aromatic hydroxyl groups is 1. The van der Waals surface area contributed by atoms with Gasteiger partial charge in [0.2, 0.25) is 0 Å². The number of nitrogens with zero attached hydrogens (tertiary/aromatic N) is 2. The maximum absolute atomic E-state index is 8.63. The van der Waals surface area contributed by atoms with Crippen LogP contribution in [-0.4, -0.2) is 10.1 Å². The first kappa shape index (κ1) is 21.3. The Morgan fingerprint density at radius 3 is 2.04 bits per heavy atom. The van der Waals surface area contributed by atoms with Crippen LogP contribution in [0.15, 0.2) is 97.3 Å². The van der Waals surface area contributed by atoms with Crippen LogP contribution in [0, 0.1) is 14.0 Å². The summed E-state index contributed by atoms with van der Waals surface area (Å²) in [6.07, 6.45) is 3.73. The second kappa shape index (κ2) is 10.3. The number of phenols is 1. The van der Waals surface area contributed by atoms with Crippen LogP contribution < -0.4 is 4.57 Å². The third kappa shape index (κ3) is 5.25. The smallest absolute Gasteiger partial charge is 0.508 e. The second-order valence-corrected chi connectivity index (χ2v) is 5.94. The third-order valence-electron chi connectivity index (χ3n) is 4.09. The molecule has 0 radical (unpaired) electrons. The van der Waals surface area contributed by atoms with Gasteiger partial charge in [0, 0.05) is 18.9 Å². The first-order chi connectivity index (χ1) is 13.2. The van der Waals surface area contributed by atoms with E-state index >= 15 is 0 Å². The minimum atomic E-state index is 0. The van der Waals surface area contributed by atoms with Crippen molar-refractivity contribution in [3.05, 3.63) is 117 Å². The Morgan fingerprint density at radius 1 is 0.750 bits per heavy atom. The Balaban J connectivity index is 0.000000298. The van der Waals surface area contributed by atoms with Crippen molar-refractivity contribution >= 4 is 0 Å².